The number of carbonyl (C=O) groups is 2. The van der Waals surface area contributed by atoms with Crippen molar-refractivity contribution in [2.24, 2.45) is 0 Å². The summed E-state index contributed by atoms with van der Waals surface area (Å²) in [6.45, 7) is 1.55. The summed E-state index contributed by atoms with van der Waals surface area (Å²) in [5.41, 5.74) is 0. The number of likely N-dealkylation sites (N-methyl/N-ethyl adjacent to an activating group) is 1. The average Bonchev–Trinajstić information content (AvgIpc) is 2.83. The first-order valence-electron chi connectivity index (χ1n) is 6.83. The first kappa shape index (κ1) is 13.3. The van der Waals surface area contributed by atoms with Crippen LogP contribution in [0.15, 0.2) is 0 Å². The van der Waals surface area contributed by atoms with E-state index in [1.54, 1.807) is 11.9 Å². The van der Waals surface area contributed by atoms with E-state index >= 15 is 0 Å². The Hall–Kier alpha value is -1.10. The molecule has 2 atom stereocenters. The van der Waals surface area contributed by atoms with Crippen molar-refractivity contribution in [2.75, 3.05) is 20.2 Å². The molecule has 2 aliphatic rings. The molecule has 0 radical (unpaired) electrons. The van der Waals surface area contributed by atoms with Gasteiger partial charge in [-0.25, -0.2) is 0 Å². The highest BCUT2D eigenvalue weighted by Crippen LogP contribution is 2.16. The zero-order valence-corrected chi connectivity index (χ0v) is 11.0. The van der Waals surface area contributed by atoms with E-state index in [0.717, 1.165) is 25.9 Å². The van der Waals surface area contributed by atoms with Gasteiger partial charge in [0.2, 0.25) is 11.8 Å². The molecule has 0 spiro atoms. The summed E-state index contributed by atoms with van der Waals surface area (Å²) in [7, 11) is 1.80. The van der Waals surface area contributed by atoms with E-state index in [4.69, 9.17) is 4.74 Å². The van der Waals surface area contributed by atoms with Gasteiger partial charge in [0.25, 0.3) is 0 Å². The molecule has 2 aliphatic heterocycles. The number of hydrogen-bond acceptors (Lipinski definition) is 3. The molecule has 102 valence electrons. The number of ether oxygens (including phenoxy) is 1. The first-order valence-corrected chi connectivity index (χ1v) is 6.83. The second kappa shape index (κ2) is 6.18. The van der Waals surface area contributed by atoms with E-state index in [2.05, 4.69) is 5.32 Å². The van der Waals surface area contributed by atoms with Crippen molar-refractivity contribution in [2.45, 2.75) is 50.7 Å². The lowest BCUT2D eigenvalue weighted by molar-refractivity contribution is -0.133. The maximum Gasteiger partial charge on any atom is 0.244 e. The van der Waals surface area contributed by atoms with Crippen LogP contribution in [0, 0.1) is 0 Å². The van der Waals surface area contributed by atoms with Gasteiger partial charge in [-0.1, -0.05) is 0 Å². The molecule has 2 amide bonds. The lowest BCUT2D eigenvalue weighted by Gasteiger charge is -2.26. The first-order chi connectivity index (χ1) is 8.66. The Labute approximate surface area is 108 Å². The number of nitrogens with one attached hydrogen (secondary N) is 1. The fourth-order valence-electron chi connectivity index (χ4n) is 2.55. The Balaban J connectivity index is 1.71. The van der Waals surface area contributed by atoms with E-state index in [1.165, 1.54) is 6.42 Å². The van der Waals surface area contributed by atoms with Gasteiger partial charge in [0, 0.05) is 26.6 Å². The van der Waals surface area contributed by atoms with Crippen molar-refractivity contribution in [3.8, 4) is 0 Å². The van der Waals surface area contributed by atoms with Crippen molar-refractivity contribution in [1.82, 2.24) is 10.2 Å². The SMILES string of the molecule is CN(CCC1CCCCO1)C(=O)C1CCC(=O)N1. The molecule has 5 nitrogen and oxygen atoms in total. The lowest BCUT2D eigenvalue weighted by Crippen LogP contribution is -2.43. The largest absolute Gasteiger partial charge is 0.378 e. The Kier molecular flexibility index (Phi) is 4.58. The Morgan fingerprint density at radius 3 is 2.89 bits per heavy atom. The maximum atomic E-state index is 12.0. The molecule has 2 fully saturated rings. The number of hydrogen-bond donors (Lipinski definition) is 1. The van der Waals surface area contributed by atoms with Gasteiger partial charge in [-0.05, 0) is 32.1 Å². The monoisotopic (exact) mass is 254 g/mol. The molecule has 0 aromatic carbocycles. The van der Waals surface area contributed by atoms with Crippen molar-refractivity contribution < 1.29 is 14.3 Å². The zero-order chi connectivity index (χ0) is 13.0. The molecule has 2 heterocycles. The number of rotatable bonds is 4. The zero-order valence-electron chi connectivity index (χ0n) is 11.0. The van der Waals surface area contributed by atoms with Crippen molar-refractivity contribution in [3.05, 3.63) is 0 Å². The van der Waals surface area contributed by atoms with Crippen LogP contribution in [-0.2, 0) is 14.3 Å². The standard InChI is InChI=1S/C13H22N2O3/c1-15(8-7-10-4-2-3-9-18-10)13(17)11-5-6-12(16)14-11/h10-11H,2-9H2,1H3,(H,14,16). The predicted molar refractivity (Wildman–Crippen MR) is 67.0 cm³/mol. The topological polar surface area (TPSA) is 58.6 Å². The third-order valence-corrected chi connectivity index (χ3v) is 3.73. The number of amides is 2. The van der Waals surface area contributed by atoms with Crippen LogP contribution in [-0.4, -0.2) is 49.1 Å². The smallest absolute Gasteiger partial charge is 0.244 e. The molecule has 2 unspecified atom stereocenters. The minimum absolute atomic E-state index is 0.0163. The van der Waals surface area contributed by atoms with E-state index in [1.807, 2.05) is 0 Å². The van der Waals surface area contributed by atoms with Gasteiger partial charge in [-0.3, -0.25) is 9.59 Å². The molecule has 2 saturated heterocycles. The van der Waals surface area contributed by atoms with Crippen LogP contribution in [0.25, 0.3) is 0 Å². The predicted octanol–water partition coefficient (Wildman–Crippen LogP) is 0.683. The van der Waals surface area contributed by atoms with Crippen LogP contribution >= 0.6 is 0 Å². The van der Waals surface area contributed by atoms with Crippen LogP contribution in [0.1, 0.15) is 38.5 Å². The van der Waals surface area contributed by atoms with E-state index in [9.17, 15) is 9.59 Å². The highest BCUT2D eigenvalue weighted by atomic mass is 16.5. The van der Waals surface area contributed by atoms with Gasteiger partial charge in [-0.15, -0.1) is 0 Å². The van der Waals surface area contributed by atoms with Crippen LogP contribution in [0.2, 0.25) is 0 Å². The Bertz CT molecular complexity index is 313. The minimum atomic E-state index is -0.310. The van der Waals surface area contributed by atoms with Crippen LogP contribution < -0.4 is 5.32 Å². The summed E-state index contributed by atoms with van der Waals surface area (Å²) in [4.78, 5) is 24.8. The molecule has 0 bridgehead atoms. The molecular weight excluding hydrogens is 232 g/mol. The number of carbonyl (C=O) groups excluding carboxylic acids is 2. The maximum absolute atomic E-state index is 12.0. The fraction of sp³-hybridized carbons (Fsp3) is 0.846. The fourth-order valence-corrected chi connectivity index (χ4v) is 2.55. The number of nitrogens with zero attached hydrogens (tertiary/aromatic N) is 1. The van der Waals surface area contributed by atoms with Crippen LogP contribution in [0.4, 0.5) is 0 Å². The summed E-state index contributed by atoms with van der Waals surface area (Å²) in [5.74, 6) is 0.00835. The second-order valence-electron chi connectivity index (χ2n) is 5.20. The highest BCUT2D eigenvalue weighted by Gasteiger charge is 2.29. The van der Waals surface area contributed by atoms with Gasteiger partial charge >= 0.3 is 0 Å². The molecule has 5 heteroatoms. The molecule has 2 rings (SSSR count). The van der Waals surface area contributed by atoms with Gasteiger partial charge in [0.15, 0.2) is 0 Å². The Morgan fingerprint density at radius 2 is 2.28 bits per heavy atom. The molecular formula is C13H22N2O3. The Morgan fingerprint density at radius 1 is 1.44 bits per heavy atom. The van der Waals surface area contributed by atoms with Gasteiger partial charge in [0.1, 0.15) is 6.04 Å². The minimum Gasteiger partial charge on any atom is -0.378 e. The molecule has 0 saturated carbocycles. The van der Waals surface area contributed by atoms with E-state index in [-0.39, 0.29) is 17.9 Å². The third-order valence-electron chi connectivity index (χ3n) is 3.73. The second-order valence-corrected chi connectivity index (χ2v) is 5.20. The summed E-state index contributed by atoms with van der Waals surface area (Å²) >= 11 is 0. The van der Waals surface area contributed by atoms with Gasteiger partial charge in [0.05, 0.1) is 6.10 Å². The summed E-state index contributed by atoms with van der Waals surface area (Å²) < 4.78 is 5.64. The summed E-state index contributed by atoms with van der Waals surface area (Å²) in [5, 5.41) is 2.71. The van der Waals surface area contributed by atoms with Gasteiger partial charge in [-0.2, -0.15) is 0 Å². The lowest BCUT2D eigenvalue weighted by atomic mass is 10.1. The van der Waals surface area contributed by atoms with Crippen LogP contribution in [0.3, 0.4) is 0 Å². The van der Waals surface area contributed by atoms with Crippen molar-refractivity contribution in [3.63, 3.8) is 0 Å². The van der Waals surface area contributed by atoms with Crippen LogP contribution in [0.5, 0.6) is 0 Å². The van der Waals surface area contributed by atoms with Crippen molar-refractivity contribution in [1.29, 1.82) is 0 Å². The molecule has 0 aromatic heterocycles. The molecule has 0 aromatic rings. The van der Waals surface area contributed by atoms with E-state index < -0.39 is 0 Å². The highest BCUT2D eigenvalue weighted by molar-refractivity contribution is 5.90. The third kappa shape index (κ3) is 3.45. The normalized spacial score (nSPS) is 27.9. The quantitative estimate of drug-likeness (QED) is 0.802. The summed E-state index contributed by atoms with van der Waals surface area (Å²) in [6, 6.07) is -0.310. The average molecular weight is 254 g/mol. The summed E-state index contributed by atoms with van der Waals surface area (Å²) in [6.07, 6.45) is 5.76. The van der Waals surface area contributed by atoms with Crippen molar-refractivity contribution >= 4 is 11.8 Å². The molecule has 18 heavy (non-hydrogen) atoms. The molecule has 0 aliphatic carbocycles. The van der Waals surface area contributed by atoms with E-state index in [0.29, 0.717) is 25.5 Å². The van der Waals surface area contributed by atoms with Gasteiger partial charge < -0.3 is 15.0 Å². The molecule has 1 N–H and O–H groups in total.